The Morgan fingerprint density at radius 2 is 1.67 bits per heavy atom. The van der Waals surface area contributed by atoms with Crippen molar-refractivity contribution in [2.45, 2.75) is 57.7 Å². The number of nitrogens with one attached hydrogen (secondary N) is 1. The van der Waals surface area contributed by atoms with Gasteiger partial charge in [0.25, 0.3) is 10.0 Å². The fourth-order valence-electron chi connectivity index (χ4n) is 6.52. The Kier molecular flexibility index (Phi) is 8.32. The average Bonchev–Trinajstić information content (AvgIpc) is 3.69. The number of aromatic nitrogens is 3. The number of carbonyl (C=O) groups excluding carboxylic acids is 1. The van der Waals surface area contributed by atoms with Crippen LogP contribution >= 0.6 is 0 Å². The Balaban J connectivity index is 1.17. The van der Waals surface area contributed by atoms with Crippen LogP contribution in [0, 0.1) is 6.92 Å². The number of H-pyrrole nitrogens is 1. The van der Waals surface area contributed by atoms with Crippen LogP contribution in [0.5, 0.6) is 0 Å². The number of aryl methyl sites for hydroxylation is 1. The van der Waals surface area contributed by atoms with E-state index in [4.69, 9.17) is 9.72 Å². The zero-order chi connectivity index (χ0) is 34.5. The molecule has 1 aliphatic heterocycles. The number of hydrogen-bond donors (Lipinski definition) is 1. The van der Waals surface area contributed by atoms with Crippen molar-refractivity contribution in [1.29, 1.82) is 0 Å². The van der Waals surface area contributed by atoms with E-state index in [1.165, 1.54) is 9.54 Å². The lowest BCUT2D eigenvalue weighted by molar-refractivity contribution is 0.000556. The second kappa shape index (κ2) is 12.5. The topological polar surface area (TPSA) is 101 Å². The first kappa shape index (κ1) is 32.6. The first-order chi connectivity index (χ1) is 23.4. The van der Waals surface area contributed by atoms with Crippen molar-refractivity contribution in [3.05, 3.63) is 109 Å². The van der Waals surface area contributed by atoms with Crippen molar-refractivity contribution in [2.75, 3.05) is 19.6 Å². The molecule has 6 aromatic rings. The molecule has 1 atom stereocenters. The standard InChI is InChI=1S/C39H41N5O4S/c1-26-6-13-33(14-7-26)49(46,47)44-25-35(30-12-15-36-31(20-30)16-17-40-36)34-21-32(22-41-37(34)44)29-10-8-28(9-11-29)24-42-18-19-43(27(2)23-42)38(45)48-39(3,4)5/h6-17,20-22,25,27,40H,18-19,23-24H2,1-5H3. The van der Waals surface area contributed by atoms with E-state index in [9.17, 15) is 13.2 Å². The normalized spacial score (nSPS) is 16.0. The Bertz CT molecular complexity index is 2270. The second-order valence-electron chi connectivity index (χ2n) is 14.0. The zero-order valence-corrected chi connectivity index (χ0v) is 29.3. The maximum Gasteiger partial charge on any atom is 0.410 e. The van der Waals surface area contributed by atoms with Crippen molar-refractivity contribution in [2.24, 2.45) is 0 Å². The summed E-state index contributed by atoms with van der Waals surface area (Å²) >= 11 is 0. The largest absolute Gasteiger partial charge is 0.444 e. The molecule has 3 aromatic carbocycles. The van der Waals surface area contributed by atoms with Crippen LogP contribution in [-0.2, 0) is 21.3 Å². The summed E-state index contributed by atoms with van der Waals surface area (Å²) in [4.78, 5) is 25.0. The van der Waals surface area contributed by atoms with Gasteiger partial charge in [-0.15, -0.1) is 0 Å². The molecule has 0 aliphatic carbocycles. The van der Waals surface area contributed by atoms with E-state index in [0.29, 0.717) is 12.2 Å². The molecular weight excluding hydrogens is 635 g/mol. The van der Waals surface area contributed by atoms with E-state index in [1.807, 2.05) is 63.1 Å². The molecule has 1 saturated heterocycles. The van der Waals surface area contributed by atoms with Crippen molar-refractivity contribution < 1.29 is 17.9 Å². The first-order valence-corrected chi connectivity index (χ1v) is 18.0. The summed E-state index contributed by atoms with van der Waals surface area (Å²) in [7, 11) is -3.90. The van der Waals surface area contributed by atoms with Crippen molar-refractivity contribution in [3.8, 4) is 22.3 Å². The lowest BCUT2D eigenvalue weighted by atomic mass is 10.0. The number of nitrogens with zero attached hydrogens (tertiary/aromatic N) is 4. The van der Waals surface area contributed by atoms with E-state index in [1.54, 1.807) is 36.7 Å². The van der Waals surface area contributed by atoms with E-state index in [2.05, 4.69) is 47.1 Å². The number of amides is 1. The fraction of sp³-hybridized carbons (Fsp3) is 0.282. The number of pyridine rings is 1. The van der Waals surface area contributed by atoms with E-state index in [0.717, 1.165) is 63.7 Å². The summed E-state index contributed by atoms with van der Waals surface area (Å²) in [5.41, 5.74) is 6.62. The molecule has 252 valence electrons. The summed E-state index contributed by atoms with van der Waals surface area (Å²) in [6, 6.07) is 25.5. The van der Waals surface area contributed by atoms with Gasteiger partial charge in [0, 0.05) is 72.8 Å². The predicted molar refractivity (Wildman–Crippen MR) is 194 cm³/mol. The monoisotopic (exact) mass is 675 g/mol. The molecule has 1 fully saturated rings. The molecule has 0 radical (unpaired) electrons. The highest BCUT2D eigenvalue weighted by Gasteiger charge is 2.31. The number of rotatable bonds is 6. The maximum atomic E-state index is 13.9. The Labute approximate surface area is 287 Å². The number of piperazine rings is 1. The lowest BCUT2D eigenvalue weighted by Crippen LogP contribution is -2.54. The van der Waals surface area contributed by atoms with Crippen molar-refractivity contribution in [1.82, 2.24) is 23.7 Å². The molecule has 0 bridgehead atoms. The summed E-state index contributed by atoms with van der Waals surface area (Å²) in [6.07, 6.45) is 5.07. The molecule has 4 heterocycles. The Hall–Kier alpha value is -4.93. The summed E-state index contributed by atoms with van der Waals surface area (Å²) in [5.74, 6) is 0. The highest BCUT2D eigenvalue weighted by Crippen LogP contribution is 2.36. The van der Waals surface area contributed by atoms with E-state index >= 15 is 0 Å². The van der Waals surface area contributed by atoms with Crippen molar-refractivity contribution in [3.63, 3.8) is 0 Å². The van der Waals surface area contributed by atoms with Crippen LogP contribution in [0.2, 0.25) is 0 Å². The third-order valence-corrected chi connectivity index (χ3v) is 10.8. The highest BCUT2D eigenvalue weighted by atomic mass is 32.2. The van der Waals surface area contributed by atoms with Crippen LogP contribution in [0.25, 0.3) is 44.2 Å². The minimum absolute atomic E-state index is 0.0509. The van der Waals surface area contributed by atoms with Gasteiger partial charge in [0.05, 0.1) is 4.90 Å². The minimum atomic E-state index is -3.90. The van der Waals surface area contributed by atoms with Gasteiger partial charge in [-0.3, -0.25) is 4.90 Å². The summed E-state index contributed by atoms with van der Waals surface area (Å²) < 4.78 is 34.8. The highest BCUT2D eigenvalue weighted by molar-refractivity contribution is 7.90. The van der Waals surface area contributed by atoms with Crippen LogP contribution in [0.3, 0.4) is 0 Å². The van der Waals surface area contributed by atoms with Crippen LogP contribution in [-0.4, -0.2) is 69.5 Å². The lowest BCUT2D eigenvalue weighted by Gasteiger charge is -2.40. The van der Waals surface area contributed by atoms with Crippen LogP contribution in [0.4, 0.5) is 4.79 Å². The van der Waals surface area contributed by atoms with Crippen molar-refractivity contribution >= 4 is 38.1 Å². The fourth-order valence-corrected chi connectivity index (χ4v) is 7.85. The second-order valence-corrected chi connectivity index (χ2v) is 15.8. The molecule has 10 heteroatoms. The minimum Gasteiger partial charge on any atom is -0.444 e. The summed E-state index contributed by atoms with van der Waals surface area (Å²) in [6.45, 7) is 12.6. The maximum absolute atomic E-state index is 13.9. The molecule has 1 amide bonds. The zero-order valence-electron chi connectivity index (χ0n) is 28.5. The van der Waals surface area contributed by atoms with Gasteiger partial charge in [0.15, 0.2) is 5.65 Å². The number of benzene rings is 3. The van der Waals surface area contributed by atoms with Crippen LogP contribution in [0.1, 0.15) is 38.8 Å². The smallest absolute Gasteiger partial charge is 0.410 e. The molecular formula is C39H41N5O4S. The number of aromatic amines is 1. The molecule has 1 unspecified atom stereocenters. The Morgan fingerprint density at radius 3 is 2.39 bits per heavy atom. The molecule has 0 spiro atoms. The van der Waals surface area contributed by atoms with E-state index in [-0.39, 0.29) is 17.0 Å². The first-order valence-electron chi connectivity index (χ1n) is 16.6. The van der Waals surface area contributed by atoms with Gasteiger partial charge in [-0.25, -0.2) is 22.2 Å². The molecule has 1 aliphatic rings. The third-order valence-electron chi connectivity index (χ3n) is 9.09. The van der Waals surface area contributed by atoms with Gasteiger partial charge in [-0.2, -0.15) is 0 Å². The van der Waals surface area contributed by atoms with Gasteiger partial charge in [-0.1, -0.05) is 48.0 Å². The quantitative estimate of drug-likeness (QED) is 0.193. The van der Waals surface area contributed by atoms with Gasteiger partial charge in [-0.05, 0) is 93.1 Å². The van der Waals surface area contributed by atoms with Gasteiger partial charge in [0.2, 0.25) is 0 Å². The van der Waals surface area contributed by atoms with Gasteiger partial charge >= 0.3 is 6.09 Å². The molecule has 9 nitrogen and oxygen atoms in total. The number of fused-ring (bicyclic) bond motifs is 2. The van der Waals surface area contributed by atoms with Crippen LogP contribution in [0.15, 0.2) is 102 Å². The number of hydrogen-bond acceptors (Lipinski definition) is 6. The number of ether oxygens (including phenoxy) is 1. The molecule has 7 rings (SSSR count). The Morgan fingerprint density at radius 1 is 0.939 bits per heavy atom. The number of carbonyl (C=O) groups is 1. The summed E-state index contributed by atoms with van der Waals surface area (Å²) in [5, 5.41) is 1.80. The van der Waals surface area contributed by atoms with Crippen LogP contribution < -0.4 is 0 Å². The molecule has 49 heavy (non-hydrogen) atoms. The van der Waals surface area contributed by atoms with Gasteiger partial charge < -0.3 is 14.6 Å². The predicted octanol–water partition coefficient (Wildman–Crippen LogP) is 7.84. The SMILES string of the molecule is Cc1ccc(S(=O)(=O)n2cc(-c3ccc4[nH]ccc4c3)c3cc(-c4ccc(CN5CCN(C(=O)OC(C)(C)C)C(C)C5)cc4)cnc32)cc1. The molecule has 0 saturated carbocycles. The molecule has 3 aromatic heterocycles. The third kappa shape index (κ3) is 6.58. The van der Waals surface area contributed by atoms with E-state index < -0.39 is 15.6 Å². The van der Waals surface area contributed by atoms with Gasteiger partial charge in [0.1, 0.15) is 5.60 Å². The average molecular weight is 676 g/mol. The molecule has 1 N–H and O–H groups in total.